The fourth-order valence-corrected chi connectivity index (χ4v) is 1.71. The van der Waals surface area contributed by atoms with Gasteiger partial charge in [-0.2, -0.15) is 0 Å². The van der Waals surface area contributed by atoms with Crippen LogP contribution in [0.15, 0.2) is 0 Å². The minimum Gasteiger partial charge on any atom is -0.0648 e. The monoisotopic (exact) mass is 125 g/mol. The summed E-state index contributed by atoms with van der Waals surface area (Å²) >= 11 is 0. The number of rotatable bonds is 2. The first-order valence-corrected chi connectivity index (χ1v) is 4.17. The van der Waals surface area contributed by atoms with Gasteiger partial charge >= 0.3 is 0 Å². The molecule has 0 aromatic heterocycles. The zero-order chi connectivity index (χ0) is 6.69. The van der Waals surface area contributed by atoms with Crippen molar-refractivity contribution in [1.29, 1.82) is 0 Å². The minimum absolute atomic E-state index is 0.995. The van der Waals surface area contributed by atoms with Gasteiger partial charge in [-0.15, -0.1) is 0 Å². The Morgan fingerprint density at radius 3 is 2.33 bits per heavy atom. The summed E-state index contributed by atoms with van der Waals surface area (Å²) in [4.78, 5) is 0. The molecule has 0 heterocycles. The second-order valence-corrected chi connectivity index (χ2v) is 3.18. The molecule has 0 unspecified atom stereocenters. The van der Waals surface area contributed by atoms with E-state index < -0.39 is 0 Å². The van der Waals surface area contributed by atoms with E-state index in [1.807, 2.05) is 0 Å². The third-order valence-corrected chi connectivity index (χ3v) is 2.61. The van der Waals surface area contributed by atoms with E-state index in [9.17, 15) is 0 Å². The second-order valence-electron chi connectivity index (χ2n) is 3.18. The van der Waals surface area contributed by atoms with Gasteiger partial charge in [0.05, 0.1) is 0 Å². The van der Waals surface area contributed by atoms with Crippen molar-refractivity contribution in [1.82, 2.24) is 0 Å². The van der Waals surface area contributed by atoms with Crippen LogP contribution < -0.4 is 0 Å². The average Bonchev–Trinajstić information content (AvgIpc) is 2.37. The van der Waals surface area contributed by atoms with Gasteiger partial charge in [0.2, 0.25) is 0 Å². The Morgan fingerprint density at radius 1 is 1.33 bits per heavy atom. The van der Waals surface area contributed by atoms with E-state index in [4.69, 9.17) is 0 Å². The first-order chi connectivity index (χ1) is 4.34. The van der Waals surface area contributed by atoms with Crippen LogP contribution in [0.2, 0.25) is 0 Å². The molecule has 0 aromatic carbocycles. The lowest BCUT2D eigenvalue weighted by Gasteiger charge is -2.14. The summed E-state index contributed by atoms with van der Waals surface area (Å²) in [5, 5.41) is 0. The third kappa shape index (κ3) is 1.70. The zero-order valence-corrected chi connectivity index (χ0v) is 6.61. The van der Waals surface area contributed by atoms with Crippen LogP contribution in [0.5, 0.6) is 0 Å². The summed E-state index contributed by atoms with van der Waals surface area (Å²) in [5.74, 6) is 2.72. The van der Waals surface area contributed by atoms with Gasteiger partial charge in [0, 0.05) is 0 Å². The van der Waals surface area contributed by atoms with Gasteiger partial charge in [-0.3, -0.25) is 0 Å². The molecule has 0 saturated heterocycles. The van der Waals surface area contributed by atoms with E-state index in [1.165, 1.54) is 32.1 Å². The van der Waals surface area contributed by atoms with E-state index in [2.05, 4.69) is 13.8 Å². The van der Waals surface area contributed by atoms with E-state index in [0.29, 0.717) is 0 Å². The molecule has 0 N–H and O–H groups in total. The molecule has 0 aromatic rings. The highest BCUT2D eigenvalue weighted by Gasteiger charge is 2.19. The lowest BCUT2D eigenvalue weighted by atomic mass is 9.91. The van der Waals surface area contributed by atoms with Crippen LogP contribution >= 0.6 is 0 Å². The molecule has 0 heteroatoms. The molecule has 0 bridgehead atoms. The van der Waals surface area contributed by atoms with Crippen LogP contribution in [-0.2, 0) is 0 Å². The molecule has 1 saturated carbocycles. The molecular weight excluding hydrogens is 108 g/mol. The first kappa shape index (κ1) is 7.11. The van der Waals surface area contributed by atoms with Gasteiger partial charge in [0.1, 0.15) is 0 Å². The summed E-state index contributed by atoms with van der Waals surface area (Å²) in [6, 6.07) is 0. The van der Waals surface area contributed by atoms with Gasteiger partial charge in [-0.1, -0.05) is 26.7 Å². The lowest BCUT2D eigenvalue weighted by Crippen LogP contribution is -2.02. The molecule has 1 aliphatic rings. The van der Waals surface area contributed by atoms with Crippen LogP contribution in [0, 0.1) is 11.8 Å². The molecule has 0 amide bonds. The highest BCUT2D eigenvalue weighted by Crippen LogP contribution is 2.33. The Balaban J connectivity index is 2.24. The van der Waals surface area contributed by atoms with Crippen molar-refractivity contribution < 1.29 is 0 Å². The number of hydrogen-bond acceptors (Lipinski definition) is 0. The predicted molar refractivity (Wildman–Crippen MR) is 41.2 cm³/mol. The Bertz CT molecular complexity index is 70.1. The summed E-state index contributed by atoms with van der Waals surface area (Å²) < 4.78 is 0. The Hall–Kier alpha value is 0. The highest BCUT2D eigenvalue weighted by atomic mass is 14.2. The minimum atomic E-state index is 0.995. The van der Waals surface area contributed by atoms with Crippen molar-refractivity contribution in [3.8, 4) is 0 Å². The first-order valence-electron chi connectivity index (χ1n) is 4.17. The quantitative estimate of drug-likeness (QED) is 0.531. The maximum Gasteiger partial charge on any atom is -0.0244 e. The topological polar surface area (TPSA) is 0 Å². The Morgan fingerprint density at radius 2 is 1.89 bits per heavy atom. The van der Waals surface area contributed by atoms with Gasteiger partial charge in [0.15, 0.2) is 0 Å². The van der Waals surface area contributed by atoms with Crippen molar-refractivity contribution in [3.63, 3.8) is 0 Å². The largest absolute Gasteiger partial charge is 0.0648 e. The molecule has 1 fully saturated rings. The Labute approximate surface area is 58.7 Å². The van der Waals surface area contributed by atoms with E-state index in [-0.39, 0.29) is 0 Å². The fraction of sp³-hybridized carbons (Fsp3) is 0.889. The molecule has 0 atom stereocenters. The third-order valence-electron chi connectivity index (χ3n) is 2.61. The molecule has 1 rings (SSSR count). The molecule has 1 radical (unpaired) electrons. The van der Waals surface area contributed by atoms with Crippen molar-refractivity contribution in [2.75, 3.05) is 0 Å². The van der Waals surface area contributed by atoms with Gasteiger partial charge < -0.3 is 0 Å². The normalized spacial score (nSPS) is 21.7. The zero-order valence-electron chi connectivity index (χ0n) is 6.61. The predicted octanol–water partition coefficient (Wildman–Crippen LogP) is 3.18. The van der Waals surface area contributed by atoms with Crippen LogP contribution in [0.1, 0.15) is 46.0 Å². The summed E-state index contributed by atoms with van der Waals surface area (Å²) in [5.41, 5.74) is 0. The summed E-state index contributed by atoms with van der Waals surface area (Å²) in [6.45, 7) is 4.59. The van der Waals surface area contributed by atoms with Crippen molar-refractivity contribution in [3.05, 3.63) is 5.92 Å². The van der Waals surface area contributed by atoms with Gasteiger partial charge in [-0.25, -0.2) is 0 Å². The van der Waals surface area contributed by atoms with Crippen molar-refractivity contribution in [2.24, 2.45) is 5.92 Å². The summed E-state index contributed by atoms with van der Waals surface area (Å²) in [6.07, 6.45) is 7.19. The second kappa shape index (κ2) is 3.24. The smallest absolute Gasteiger partial charge is 0.0244 e. The van der Waals surface area contributed by atoms with Crippen molar-refractivity contribution >= 4 is 0 Å². The van der Waals surface area contributed by atoms with Crippen LogP contribution in [0.3, 0.4) is 0 Å². The number of hydrogen-bond donors (Lipinski definition) is 0. The molecule has 9 heavy (non-hydrogen) atoms. The SMILES string of the molecule is CC[C](C)C1CCCC1. The van der Waals surface area contributed by atoms with E-state index >= 15 is 0 Å². The van der Waals surface area contributed by atoms with E-state index in [0.717, 1.165) is 5.92 Å². The van der Waals surface area contributed by atoms with Crippen LogP contribution in [-0.4, -0.2) is 0 Å². The molecule has 0 spiro atoms. The van der Waals surface area contributed by atoms with Gasteiger partial charge in [-0.05, 0) is 31.1 Å². The molecule has 53 valence electrons. The molecule has 1 aliphatic carbocycles. The lowest BCUT2D eigenvalue weighted by molar-refractivity contribution is 0.540. The molecule has 0 aliphatic heterocycles. The maximum atomic E-state index is 2.32. The Kier molecular flexibility index (Phi) is 2.56. The standard InChI is InChI=1S/C9H17/c1-3-8(2)9-6-4-5-7-9/h9H,3-7H2,1-2H3. The average molecular weight is 125 g/mol. The summed E-state index contributed by atoms with van der Waals surface area (Å²) in [7, 11) is 0. The van der Waals surface area contributed by atoms with Crippen LogP contribution in [0.4, 0.5) is 0 Å². The fourth-order valence-electron chi connectivity index (χ4n) is 1.71. The highest BCUT2D eigenvalue weighted by molar-refractivity contribution is 4.92. The molecule has 0 nitrogen and oxygen atoms in total. The van der Waals surface area contributed by atoms with Crippen LogP contribution in [0.25, 0.3) is 0 Å². The van der Waals surface area contributed by atoms with Gasteiger partial charge in [0.25, 0.3) is 0 Å². The molecular formula is C9H17. The maximum absolute atomic E-state index is 2.32. The van der Waals surface area contributed by atoms with Crippen molar-refractivity contribution in [2.45, 2.75) is 46.0 Å². The van der Waals surface area contributed by atoms with E-state index in [1.54, 1.807) is 5.92 Å².